The molecule has 0 spiro atoms. The quantitative estimate of drug-likeness (QED) is 0.783. The summed E-state index contributed by atoms with van der Waals surface area (Å²) in [5.41, 5.74) is 0. The Kier molecular flexibility index (Phi) is 4.64. The molecule has 1 aliphatic rings. The Balaban J connectivity index is 1.93. The van der Waals surface area contributed by atoms with Gasteiger partial charge in [-0.05, 0) is 6.07 Å². The Labute approximate surface area is 111 Å². The lowest BCUT2D eigenvalue weighted by Gasteiger charge is -2.37. The standard InChI is InChI=1S/C12H18N4O3/c1-19-9-10(11(17)18)15-5-7-16(8-6-15)12-13-3-2-4-14-12/h2-4,10H,5-9H2,1H3,(H,17,18). The molecule has 7 heteroatoms. The van der Waals surface area contributed by atoms with Crippen LogP contribution in [0.3, 0.4) is 0 Å². The number of rotatable bonds is 5. The molecule has 2 heterocycles. The highest BCUT2D eigenvalue weighted by atomic mass is 16.5. The molecule has 0 amide bonds. The summed E-state index contributed by atoms with van der Waals surface area (Å²) in [6.07, 6.45) is 3.42. The Morgan fingerprint density at radius 1 is 1.37 bits per heavy atom. The van der Waals surface area contributed by atoms with Gasteiger partial charge in [0.25, 0.3) is 0 Å². The smallest absolute Gasteiger partial charge is 0.323 e. The summed E-state index contributed by atoms with van der Waals surface area (Å²) in [5, 5.41) is 9.18. The number of hydrogen-bond acceptors (Lipinski definition) is 6. The molecular weight excluding hydrogens is 248 g/mol. The first-order valence-electron chi connectivity index (χ1n) is 6.20. The van der Waals surface area contributed by atoms with E-state index in [1.54, 1.807) is 18.5 Å². The zero-order valence-electron chi connectivity index (χ0n) is 10.9. The highest BCUT2D eigenvalue weighted by Gasteiger charge is 2.29. The van der Waals surface area contributed by atoms with Crippen molar-refractivity contribution < 1.29 is 14.6 Å². The second kappa shape index (κ2) is 6.44. The number of aromatic nitrogens is 2. The van der Waals surface area contributed by atoms with Gasteiger partial charge in [0.2, 0.25) is 5.95 Å². The van der Waals surface area contributed by atoms with Crippen LogP contribution in [0.5, 0.6) is 0 Å². The fourth-order valence-electron chi connectivity index (χ4n) is 2.18. The first-order chi connectivity index (χ1) is 9.22. The summed E-state index contributed by atoms with van der Waals surface area (Å²) < 4.78 is 4.97. The van der Waals surface area contributed by atoms with Gasteiger partial charge in [-0.2, -0.15) is 0 Å². The zero-order chi connectivity index (χ0) is 13.7. The molecule has 0 aliphatic carbocycles. The van der Waals surface area contributed by atoms with Crippen molar-refractivity contribution in [1.82, 2.24) is 14.9 Å². The average Bonchev–Trinajstić information content (AvgIpc) is 2.46. The number of carboxylic acids is 1. The van der Waals surface area contributed by atoms with Crippen molar-refractivity contribution in [2.24, 2.45) is 0 Å². The lowest BCUT2D eigenvalue weighted by molar-refractivity contribution is -0.145. The Bertz CT molecular complexity index is 407. The molecule has 0 aromatic carbocycles. The van der Waals surface area contributed by atoms with Gasteiger partial charge in [0.05, 0.1) is 6.61 Å². The first-order valence-corrected chi connectivity index (χ1v) is 6.20. The largest absolute Gasteiger partial charge is 0.480 e. The number of hydrogen-bond donors (Lipinski definition) is 1. The molecule has 1 saturated heterocycles. The van der Waals surface area contributed by atoms with Crippen molar-refractivity contribution in [3.8, 4) is 0 Å². The lowest BCUT2D eigenvalue weighted by atomic mass is 10.2. The summed E-state index contributed by atoms with van der Waals surface area (Å²) in [4.78, 5) is 23.6. The summed E-state index contributed by atoms with van der Waals surface area (Å²) in [6.45, 7) is 2.98. The molecule has 19 heavy (non-hydrogen) atoms. The van der Waals surface area contributed by atoms with Crippen LogP contribution in [-0.2, 0) is 9.53 Å². The molecule has 0 bridgehead atoms. The summed E-state index contributed by atoms with van der Waals surface area (Å²) >= 11 is 0. The van der Waals surface area contributed by atoms with Gasteiger partial charge in [0, 0.05) is 45.7 Å². The lowest BCUT2D eigenvalue weighted by Crippen LogP contribution is -2.54. The van der Waals surface area contributed by atoms with Gasteiger partial charge >= 0.3 is 5.97 Å². The van der Waals surface area contributed by atoms with E-state index in [0.717, 1.165) is 13.1 Å². The fourth-order valence-corrected chi connectivity index (χ4v) is 2.18. The highest BCUT2D eigenvalue weighted by molar-refractivity contribution is 5.73. The molecule has 2 rings (SSSR count). The van der Waals surface area contributed by atoms with E-state index in [1.807, 2.05) is 4.90 Å². The van der Waals surface area contributed by atoms with Gasteiger partial charge < -0.3 is 14.7 Å². The van der Waals surface area contributed by atoms with Gasteiger partial charge in [-0.1, -0.05) is 0 Å². The number of carboxylic acid groups (broad SMARTS) is 1. The van der Waals surface area contributed by atoms with Crippen molar-refractivity contribution in [2.75, 3.05) is 44.8 Å². The van der Waals surface area contributed by atoms with Crippen molar-refractivity contribution in [2.45, 2.75) is 6.04 Å². The SMILES string of the molecule is COCC(C(=O)O)N1CCN(c2ncccn2)CC1. The maximum Gasteiger partial charge on any atom is 0.323 e. The maximum absolute atomic E-state index is 11.2. The number of anilines is 1. The Morgan fingerprint density at radius 2 is 2.00 bits per heavy atom. The van der Waals surface area contributed by atoms with E-state index < -0.39 is 12.0 Å². The predicted octanol–water partition coefficient (Wildman–Crippen LogP) is -0.302. The van der Waals surface area contributed by atoms with Crippen LogP contribution in [-0.4, -0.2) is 71.9 Å². The van der Waals surface area contributed by atoms with Crippen LogP contribution in [0.4, 0.5) is 5.95 Å². The van der Waals surface area contributed by atoms with Gasteiger partial charge in [0.15, 0.2) is 0 Å². The van der Waals surface area contributed by atoms with Crippen LogP contribution >= 0.6 is 0 Å². The van der Waals surface area contributed by atoms with Crippen molar-refractivity contribution >= 4 is 11.9 Å². The number of ether oxygens (including phenoxy) is 1. The van der Waals surface area contributed by atoms with Crippen molar-refractivity contribution in [3.05, 3.63) is 18.5 Å². The molecule has 1 atom stereocenters. The monoisotopic (exact) mass is 266 g/mol. The molecular formula is C12H18N4O3. The van der Waals surface area contributed by atoms with E-state index in [-0.39, 0.29) is 6.61 Å². The van der Waals surface area contributed by atoms with Gasteiger partial charge in [-0.25, -0.2) is 9.97 Å². The van der Waals surface area contributed by atoms with Gasteiger partial charge in [-0.3, -0.25) is 9.69 Å². The Morgan fingerprint density at radius 3 is 2.53 bits per heavy atom. The van der Waals surface area contributed by atoms with E-state index in [4.69, 9.17) is 4.74 Å². The van der Waals surface area contributed by atoms with Gasteiger partial charge in [0.1, 0.15) is 6.04 Å². The normalized spacial score (nSPS) is 18.3. The minimum Gasteiger partial charge on any atom is -0.480 e. The molecule has 1 aromatic rings. The molecule has 0 saturated carbocycles. The highest BCUT2D eigenvalue weighted by Crippen LogP contribution is 2.12. The average molecular weight is 266 g/mol. The maximum atomic E-state index is 11.2. The second-order valence-corrected chi connectivity index (χ2v) is 4.38. The third-order valence-electron chi connectivity index (χ3n) is 3.20. The van der Waals surface area contributed by atoms with E-state index >= 15 is 0 Å². The minimum absolute atomic E-state index is 0.206. The second-order valence-electron chi connectivity index (χ2n) is 4.38. The van der Waals surface area contributed by atoms with Crippen LogP contribution in [0.15, 0.2) is 18.5 Å². The third kappa shape index (κ3) is 3.39. The van der Waals surface area contributed by atoms with E-state index in [2.05, 4.69) is 14.9 Å². The molecule has 1 aromatic heterocycles. The van der Waals surface area contributed by atoms with E-state index in [0.29, 0.717) is 19.0 Å². The van der Waals surface area contributed by atoms with Gasteiger partial charge in [-0.15, -0.1) is 0 Å². The fraction of sp³-hybridized carbons (Fsp3) is 0.583. The molecule has 1 N–H and O–H groups in total. The minimum atomic E-state index is -0.841. The summed E-state index contributed by atoms with van der Waals surface area (Å²) in [7, 11) is 1.52. The van der Waals surface area contributed by atoms with Crippen molar-refractivity contribution in [3.63, 3.8) is 0 Å². The molecule has 1 unspecified atom stereocenters. The number of nitrogens with zero attached hydrogens (tertiary/aromatic N) is 4. The van der Waals surface area contributed by atoms with Crippen LogP contribution < -0.4 is 4.90 Å². The first kappa shape index (κ1) is 13.7. The molecule has 1 fully saturated rings. The molecule has 104 valence electrons. The number of aliphatic carboxylic acids is 1. The van der Waals surface area contributed by atoms with E-state index in [9.17, 15) is 9.90 Å². The number of methoxy groups -OCH3 is 1. The van der Waals surface area contributed by atoms with Crippen LogP contribution in [0.25, 0.3) is 0 Å². The molecule has 1 aliphatic heterocycles. The summed E-state index contributed by atoms with van der Waals surface area (Å²) in [5.74, 6) is -0.146. The Hall–Kier alpha value is -1.73. The zero-order valence-corrected chi connectivity index (χ0v) is 10.9. The van der Waals surface area contributed by atoms with Crippen molar-refractivity contribution in [1.29, 1.82) is 0 Å². The number of carbonyl (C=O) groups is 1. The van der Waals surface area contributed by atoms with Crippen LogP contribution in [0, 0.1) is 0 Å². The van der Waals surface area contributed by atoms with E-state index in [1.165, 1.54) is 7.11 Å². The van der Waals surface area contributed by atoms with Crippen LogP contribution in [0.2, 0.25) is 0 Å². The topological polar surface area (TPSA) is 78.8 Å². The summed E-state index contributed by atoms with van der Waals surface area (Å²) in [6, 6.07) is 1.20. The molecule has 0 radical (unpaired) electrons. The van der Waals surface area contributed by atoms with Crippen LogP contribution in [0.1, 0.15) is 0 Å². The number of piperazine rings is 1. The predicted molar refractivity (Wildman–Crippen MR) is 69.1 cm³/mol. The third-order valence-corrected chi connectivity index (χ3v) is 3.20. The molecule has 7 nitrogen and oxygen atoms in total.